The summed E-state index contributed by atoms with van der Waals surface area (Å²) >= 11 is 1.10. The summed E-state index contributed by atoms with van der Waals surface area (Å²) in [5, 5.41) is 21.1. The number of esters is 1. The Labute approximate surface area is 114 Å². The molecule has 0 aliphatic heterocycles. The molecule has 2 rings (SSSR count). The van der Waals surface area contributed by atoms with Crippen molar-refractivity contribution in [1.82, 2.24) is 4.98 Å². The molecule has 1 saturated carbocycles. The van der Waals surface area contributed by atoms with Crippen LogP contribution in [0.15, 0.2) is 5.38 Å². The highest BCUT2D eigenvalue weighted by Gasteiger charge is 2.45. The van der Waals surface area contributed by atoms with E-state index in [2.05, 4.69) is 4.98 Å². The zero-order valence-electron chi connectivity index (χ0n) is 10.5. The third kappa shape index (κ3) is 2.93. The molecule has 19 heavy (non-hydrogen) atoms. The van der Waals surface area contributed by atoms with E-state index >= 15 is 0 Å². The largest absolute Gasteiger partial charge is 0.481 e. The van der Waals surface area contributed by atoms with Crippen molar-refractivity contribution < 1.29 is 24.5 Å². The van der Waals surface area contributed by atoms with Gasteiger partial charge in [0.2, 0.25) is 5.60 Å². The minimum atomic E-state index is -2.19. The molecule has 6 nitrogen and oxygen atoms in total. The average molecular weight is 285 g/mol. The van der Waals surface area contributed by atoms with Crippen LogP contribution in [0.1, 0.15) is 42.8 Å². The number of hydrogen-bond acceptors (Lipinski definition) is 6. The third-order valence-electron chi connectivity index (χ3n) is 2.89. The quantitative estimate of drug-likeness (QED) is 0.763. The van der Waals surface area contributed by atoms with Gasteiger partial charge in [0, 0.05) is 11.3 Å². The van der Waals surface area contributed by atoms with Gasteiger partial charge in [-0.1, -0.05) is 0 Å². The summed E-state index contributed by atoms with van der Waals surface area (Å²) in [5.41, 5.74) is -1.38. The lowest BCUT2D eigenvalue weighted by Crippen LogP contribution is -2.39. The molecule has 104 valence electrons. The summed E-state index contributed by atoms with van der Waals surface area (Å²) in [6, 6.07) is 0. The molecule has 1 aromatic heterocycles. The maximum absolute atomic E-state index is 11.8. The first-order chi connectivity index (χ1) is 8.97. The van der Waals surface area contributed by atoms with Gasteiger partial charge in [0.15, 0.2) is 0 Å². The normalized spacial score (nSPS) is 17.8. The Balaban J connectivity index is 2.28. The van der Waals surface area contributed by atoms with Gasteiger partial charge in [0.05, 0.1) is 18.7 Å². The molecule has 1 fully saturated rings. The number of carbonyl (C=O) groups excluding carboxylic acids is 1. The van der Waals surface area contributed by atoms with Gasteiger partial charge in [0.25, 0.3) is 0 Å². The van der Waals surface area contributed by atoms with Crippen molar-refractivity contribution in [2.24, 2.45) is 0 Å². The van der Waals surface area contributed by atoms with Crippen molar-refractivity contribution in [3.8, 4) is 0 Å². The number of hydrogen-bond donors (Lipinski definition) is 2. The Morgan fingerprint density at radius 3 is 2.79 bits per heavy atom. The van der Waals surface area contributed by atoms with E-state index < -0.39 is 24.0 Å². The van der Waals surface area contributed by atoms with Crippen LogP contribution in [0.4, 0.5) is 0 Å². The van der Waals surface area contributed by atoms with Gasteiger partial charge in [-0.25, -0.2) is 9.78 Å². The number of ether oxygens (including phenoxy) is 1. The zero-order chi connectivity index (χ0) is 14.0. The fourth-order valence-electron chi connectivity index (χ4n) is 1.75. The predicted octanol–water partition coefficient (Wildman–Crippen LogP) is 1.25. The predicted molar refractivity (Wildman–Crippen MR) is 66.9 cm³/mol. The van der Waals surface area contributed by atoms with Gasteiger partial charge in [-0.2, -0.15) is 0 Å². The summed E-state index contributed by atoms with van der Waals surface area (Å²) < 4.78 is 4.76. The molecule has 1 heterocycles. The van der Waals surface area contributed by atoms with E-state index in [1.807, 2.05) is 0 Å². The zero-order valence-corrected chi connectivity index (χ0v) is 11.3. The number of thiazole rings is 1. The molecular weight excluding hydrogens is 270 g/mol. The minimum absolute atomic E-state index is 0.0711. The van der Waals surface area contributed by atoms with E-state index in [0.717, 1.165) is 29.9 Å². The Bertz CT molecular complexity index is 496. The number of aliphatic hydroxyl groups is 1. The van der Waals surface area contributed by atoms with Gasteiger partial charge in [-0.3, -0.25) is 4.79 Å². The lowest BCUT2D eigenvalue weighted by molar-refractivity contribution is -0.172. The van der Waals surface area contributed by atoms with Crippen LogP contribution in [0.3, 0.4) is 0 Å². The third-order valence-corrected chi connectivity index (χ3v) is 3.90. The van der Waals surface area contributed by atoms with Gasteiger partial charge < -0.3 is 14.9 Å². The van der Waals surface area contributed by atoms with Gasteiger partial charge in [-0.05, 0) is 19.8 Å². The average Bonchev–Trinajstić information content (AvgIpc) is 3.06. The Morgan fingerprint density at radius 1 is 1.58 bits per heavy atom. The number of carboxylic acids is 1. The fourth-order valence-corrected chi connectivity index (χ4v) is 2.73. The fraction of sp³-hybridized carbons (Fsp3) is 0.583. The number of carboxylic acid groups (broad SMARTS) is 1. The molecule has 0 saturated heterocycles. The molecular formula is C12H15NO5S. The van der Waals surface area contributed by atoms with Crippen LogP contribution in [-0.4, -0.2) is 33.7 Å². The summed E-state index contributed by atoms with van der Waals surface area (Å²) in [5.74, 6) is -1.87. The van der Waals surface area contributed by atoms with E-state index in [0.29, 0.717) is 5.92 Å². The molecule has 0 amide bonds. The Kier molecular flexibility index (Phi) is 3.86. The molecule has 2 N–H and O–H groups in total. The summed E-state index contributed by atoms with van der Waals surface area (Å²) in [7, 11) is 0. The molecule has 1 aliphatic carbocycles. The summed E-state index contributed by atoms with van der Waals surface area (Å²) in [6.45, 7) is 1.66. The van der Waals surface area contributed by atoms with Crippen LogP contribution >= 0.6 is 11.3 Å². The highest BCUT2D eigenvalue weighted by atomic mass is 32.1. The Morgan fingerprint density at radius 2 is 2.26 bits per heavy atom. The molecule has 7 heteroatoms. The van der Waals surface area contributed by atoms with Crippen LogP contribution in [0, 0.1) is 0 Å². The van der Waals surface area contributed by atoms with E-state index in [-0.39, 0.29) is 11.6 Å². The maximum atomic E-state index is 11.8. The highest BCUT2D eigenvalue weighted by molar-refractivity contribution is 7.10. The minimum Gasteiger partial charge on any atom is -0.481 e. The molecule has 0 aromatic carbocycles. The smallest absolute Gasteiger partial charge is 0.346 e. The molecule has 0 radical (unpaired) electrons. The second-order valence-corrected chi connectivity index (χ2v) is 5.36. The first-order valence-corrected chi connectivity index (χ1v) is 6.92. The van der Waals surface area contributed by atoms with Crippen LogP contribution < -0.4 is 0 Å². The van der Waals surface area contributed by atoms with Crippen molar-refractivity contribution in [2.45, 2.75) is 37.7 Å². The van der Waals surface area contributed by atoms with Crippen LogP contribution in [0.5, 0.6) is 0 Å². The monoisotopic (exact) mass is 285 g/mol. The second kappa shape index (κ2) is 5.26. The lowest BCUT2D eigenvalue weighted by atomic mass is 10.0. The van der Waals surface area contributed by atoms with Crippen molar-refractivity contribution >= 4 is 23.3 Å². The standard InChI is InChI=1S/C12H15NO5S/c1-2-18-11(16)12(17,5-9(14)15)10-13-8(6-19-10)7-3-4-7/h6-7,17H,2-5H2,1H3,(H,14,15). The second-order valence-electron chi connectivity index (χ2n) is 4.50. The van der Waals surface area contributed by atoms with E-state index in [1.54, 1.807) is 12.3 Å². The Hall–Kier alpha value is -1.47. The van der Waals surface area contributed by atoms with Gasteiger partial charge >= 0.3 is 11.9 Å². The van der Waals surface area contributed by atoms with Crippen LogP contribution in [0.25, 0.3) is 0 Å². The molecule has 0 spiro atoms. The van der Waals surface area contributed by atoms with E-state index in [1.165, 1.54) is 0 Å². The van der Waals surface area contributed by atoms with Gasteiger partial charge in [-0.15, -0.1) is 11.3 Å². The SMILES string of the molecule is CCOC(=O)C(O)(CC(=O)O)c1nc(C2CC2)cs1. The number of nitrogens with zero attached hydrogens (tertiary/aromatic N) is 1. The van der Waals surface area contributed by atoms with E-state index in [4.69, 9.17) is 9.84 Å². The van der Waals surface area contributed by atoms with Crippen LogP contribution in [0.2, 0.25) is 0 Å². The molecule has 1 atom stereocenters. The first-order valence-electron chi connectivity index (χ1n) is 6.04. The number of aromatic nitrogens is 1. The number of aliphatic carboxylic acids is 1. The van der Waals surface area contributed by atoms with Crippen LogP contribution in [-0.2, 0) is 19.9 Å². The van der Waals surface area contributed by atoms with Crippen molar-refractivity contribution in [3.63, 3.8) is 0 Å². The topological polar surface area (TPSA) is 96.7 Å². The first kappa shape index (κ1) is 14.0. The number of carbonyl (C=O) groups is 2. The molecule has 1 aliphatic rings. The molecule has 1 aromatic rings. The number of rotatable bonds is 6. The molecule has 1 unspecified atom stereocenters. The highest BCUT2D eigenvalue weighted by Crippen LogP contribution is 2.42. The maximum Gasteiger partial charge on any atom is 0.346 e. The van der Waals surface area contributed by atoms with Crippen molar-refractivity contribution in [1.29, 1.82) is 0 Å². The lowest BCUT2D eigenvalue weighted by Gasteiger charge is -2.21. The van der Waals surface area contributed by atoms with E-state index in [9.17, 15) is 14.7 Å². The molecule has 0 bridgehead atoms. The van der Waals surface area contributed by atoms with Crippen molar-refractivity contribution in [2.75, 3.05) is 6.61 Å². The van der Waals surface area contributed by atoms with Gasteiger partial charge in [0.1, 0.15) is 5.01 Å². The summed E-state index contributed by atoms with van der Waals surface area (Å²) in [6.07, 6.45) is 1.34. The van der Waals surface area contributed by atoms with Crippen molar-refractivity contribution in [3.05, 3.63) is 16.1 Å². The summed E-state index contributed by atoms with van der Waals surface area (Å²) in [4.78, 5) is 26.9.